The van der Waals surface area contributed by atoms with Gasteiger partial charge in [-0.3, -0.25) is 9.59 Å². The number of likely N-dealkylation sites (N-methyl/N-ethyl adjacent to an activating group) is 1. The highest BCUT2D eigenvalue weighted by atomic mass is 19.4. The number of hydrogen-bond acceptors (Lipinski definition) is 12. The highest BCUT2D eigenvalue weighted by Gasteiger charge is 2.54. The van der Waals surface area contributed by atoms with Gasteiger partial charge in [-0.1, -0.05) is 26.7 Å². The minimum absolute atomic E-state index is 0.160. The molecule has 0 aromatic heterocycles. The van der Waals surface area contributed by atoms with Gasteiger partial charge in [0.2, 0.25) is 0 Å². The minimum Gasteiger partial charge on any atom is -0.394 e. The van der Waals surface area contributed by atoms with Gasteiger partial charge in [0.25, 0.3) is 5.91 Å². The van der Waals surface area contributed by atoms with Crippen molar-refractivity contribution in [1.82, 2.24) is 10.2 Å². The Labute approximate surface area is 284 Å². The van der Waals surface area contributed by atoms with Gasteiger partial charge in [0.15, 0.2) is 12.6 Å². The molecule has 7 unspecified atom stereocenters. The summed E-state index contributed by atoms with van der Waals surface area (Å²) in [6, 6.07) is -2.11. The number of hydrogen-bond donors (Lipinski definition) is 6. The molecule has 3 fully saturated rings. The van der Waals surface area contributed by atoms with Crippen LogP contribution in [0.15, 0.2) is 0 Å². The van der Waals surface area contributed by atoms with Gasteiger partial charge in [0.1, 0.15) is 48.8 Å². The average Bonchev–Trinajstić information content (AvgIpc) is 3.03. The van der Waals surface area contributed by atoms with E-state index in [0.717, 1.165) is 11.8 Å². The zero-order chi connectivity index (χ0) is 37.9. The van der Waals surface area contributed by atoms with Crippen molar-refractivity contribution in [2.45, 2.75) is 145 Å². The number of halogens is 6. The van der Waals surface area contributed by atoms with Crippen molar-refractivity contribution in [3.8, 4) is 0 Å². The van der Waals surface area contributed by atoms with Gasteiger partial charge < -0.3 is 59.4 Å². The number of nitrogens with one attached hydrogen (secondary N) is 1. The zero-order valence-electron chi connectivity index (χ0n) is 28.2. The molecule has 2 amide bonds. The first-order valence-electron chi connectivity index (χ1n) is 16.4. The summed E-state index contributed by atoms with van der Waals surface area (Å²) in [6.07, 6.45) is -28.9. The largest absolute Gasteiger partial charge is 0.471 e. The molecule has 2 heterocycles. The molecule has 292 valence electrons. The van der Waals surface area contributed by atoms with E-state index in [4.69, 9.17) is 23.7 Å². The van der Waals surface area contributed by atoms with E-state index in [1.807, 2.05) is 0 Å². The number of aliphatic hydroxyl groups is 5. The monoisotopic (exact) mass is 742 g/mol. The predicted molar refractivity (Wildman–Crippen MR) is 157 cm³/mol. The van der Waals surface area contributed by atoms with E-state index in [1.165, 1.54) is 21.0 Å². The van der Waals surface area contributed by atoms with Crippen LogP contribution in [-0.4, -0.2) is 155 Å². The fourth-order valence-corrected chi connectivity index (χ4v) is 6.33. The quantitative estimate of drug-likeness (QED) is 0.151. The molecule has 3 aliphatic rings. The lowest BCUT2D eigenvalue weighted by molar-refractivity contribution is -0.337. The third-order valence-electron chi connectivity index (χ3n) is 9.40. The van der Waals surface area contributed by atoms with Crippen molar-refractivity contribution in [3.05, 3.63) is 0 Å². The smallest absolute Gasteiger partial charge is 0.394 e. The van der Waals surface area contributed by atoms with E-state index in [2.05, 4.69) is 0 Å². The van der Waals surface area contributed by atoms with Crippen molar-refractivity contribution in [1.29, 1.82) is 0 Å². The van der Waals surface area contributed by atoms with Crippen molar-refractivity contribution in [2.75, 3.05) is 20.7 Å². The lowest BCUT2D eigenvalue weighted by atomic mass is 9.82. The topological polar surface area (TPSA) is 197 Å². The number of carbonyl (C=O) groups is 2. The van der Waals surface area contributed by atoms with Gasteiger partial charge in [-0.2, -0.15) is 26.3 Å². The Balaban J connectivity index is 2.02. The van der Waals surface area contributed by atoms with Crippen LogP contribution in [0.3, 0.4) is 0 Å². The predicted octanol–water partition coefficient (Wildman–Crippen LogP) is 0.350. The number of aliphatic hydroxyl groups excluding tert-OH is 5. The molecule has 2 aliphatic heterocycles. The summed E-state index contributed by atoms with van der Waals surface area (Å²) in [5.74, 6) is -6.06. The van der Waals surface area contributed by atoms with E-state index in [0.29, 0.717) is 19.3 Å². The number of ether oxygens (including phenoxy) is 5. The molecule has 6 N–H and O–H groups in total. The molecule has 0 radical (unpaired) electrons. The van der Waals surface area contributed by atoms with Gasteiger partial charge >= 0.3 is 18.3 Å². The summed E-state index contributed by atoms with van der Waals surface area (Å²) in [4.78, 5) is 26.2. The first-order chi connectivity index (χ1) is 23.1. The third-order valence-corrected chi connectivity index (χ3v) is 9.40. The lowest BCUT2D eigenvalue weighted by Gasteiger charge is -2.48. The van der Waals surface area contributed by atoms with Gasteiger partial charge in [0.05, 0.1) is 30.8 Å². The van der Waals surface area contributed by atoms with E-state index in [1.54, 1.807) is 12.2 Å². The molecule has 1 saturated carbocycles. The van der Waals surface area contributed by atoms with Crippen LogP contribution < -0.4 is 5.32 Å². The van der Waals surface area contributed by atoms with Gasteiger partial charge in [0, 0.05) is 14.1 Å². The highest BCUT2D eigenvalue weighted by molar-refractivity contribution is 5.82. The second-order valence-electron chi connectivity index (χ2n) is 13.3. The van der Waals surface area contributed by atoms with Crippen molar-refractivity contribution in [2.24, 2.45) is 11.8 Å². The van der Waals surface area contributed by atoms with Gasteiger partial charge in [-0.15, -0.1) is 0 Å². The van der Waals surface area contributed by atoms with Crippen molar-refractivity contribution in [3.63, 3.8) is 0 Å². The van der Waals surface area contributed by atoms with Crippen LogP contribution in [0.2, 0.25) is 0 Å². The van der Waals surface area contributed by atoms with Crippen LogP contribution >= 0.6 is 0 Å². The van der Waals surface area contributed by atoms with Crippen molar-refractivity contribution >= 4 is 11.8 Å². The fourth-order valence-electron chi connectivity index (χ4n) is 6.33. The highest BCUT2D eigenvalue weighted by Crippen LogP contribution is 2.38. The van der Waals surface area contributed by atoms with Gasteiger partial charge in [-0.25, -0.2) is 0 Å². The molecule has 0 aromatic carbocycles. The summed E-state index contributed by atoms with van der Waals surface area (Å²) in [6.45, 7) is 2.99. The maximum atomic E-state index is 13.6. The summed E-state index contributed by atoms with van der Waals surface area (Å²) in [5, 5.41) is 53.8. The molecule has 20 heteroatoms. The third kappa shape index (κ3) is 10.2. The second kappa shape index (κ2) is 17.3. The molecular formula is C30H48F6N2O12. The number of carbonyl (C=O) groups excluding carboxylic acids is 2. The summed E-state index contributed by atoms with van der Waals surface area (Å²) in [7, 11) is 2.40. The SMILES string of the molecule is CCC1CCC[C@@H](O[C@H]2O[C@H](CO)[C@H](O)[C@H](O[C@@H](CC(C)C(F)(F)F)C(=O)N(C)C)[C@H]2NC(=O)C(F)(F)F)[C@@H]1OC1OC(C)C(O)C(O)C1O. The Morgan fingerprint density at radius 2 is 1.56 bits per heavy atom. The second-order valence-corrected chi connectivity index (χ2v) is 13.3. The number of alkyl halides is 6. The Kier molecular flexibility index (Phi) is 14.7. The van der Waals surface area contributed by atoms with Gasteiger partial charge in [-0.05, 0) is 32.1 Å². The molecular weight excluding hydrogens is 694 g/mol. The van der Waals surface area contributed by atoms with Crippen LogP contribution in [-0.2, 0) is 33.3 Å². The summed E-state index contributed by atoms with van der Waals surface area (Å²) < 4.78 is 111. The standard InChI is InChI=1S/C30H48F6N2O12/c1-6-14-8-7-9-15(23(14)50-27-22(43)21(42)19(40)13(3)46-27)48-26-18(37-28(45)30(34,35)36)24(20(41)17(11-39)49-26)47-16(25(44)38(4)5)10-12(2)29(31,32)33/h12-24,26-27,39-43H,6-11H2,1-5H3,(H,37,45)/t12?,13?,14?,15-,16+,17-,18-,19?,20+,21?,22?,23-,24-,26+,27?/m1/s1. The molecule has 0 aromatic rings. The van der Waals surface area contributed by atoms with Crippen LogP contribution in [0, 0.1) is 11.8 Å². The minimum atomic E-state index is -5.50. The van der Waals surface area contributed by atoms with E-state index >= 15 is 0 Å². The Bertz CT molecular complexity index is 1120. The maximum absolute atomic E-state index is 13.6. The fraction of sp³-hybridized carbons (Fsp3) is 0.933. The summed E-state index contributed by atoms with van der Waals surface area (Å²) in [5.41, 5.74) is 0. The van der Waals surface area contributed by atoms with Crippen LogP contribution in [0.4, 0.5) is 26.3 Å². The first kappa shape index (κ1) is 42.5. The van der Waals surface area contributed by atoms with Crippen LogP contribution in [0.5, 0.6) is 0 Å². The molecule has 1 aliphatic carbocycles. The van der Waals surface area contributed by atoms with E-state index < -0.39 is 123 Å². The number of nitrogens with zero attached hydrogens (tertiary/aromatic N) is 1. The van der Waals surface area contributed by atoms with Crippen molar-refractivity contribution < 1.29 is 85.1 Å². The van der Waals surface area contributed by atoms with E-state index in [-0.39, 0.29) is 12.3 Å². The Morgan fingerprint density at radius 1 is 0.920 bits per heavy atom. The molecule has 2 saturated heterocycles. The number of rotatable bonds is 12. The number of amides is 2. The first-order valence-corrected chi connectivity index (χ1v) is 16.4. The zero-order valence-corrected chi connectivity index (χ0v) is 28.2. The lowest BCUT2D eigenvalue weighted by Crippen LogP contribution is -2.68. The molecule has 50 heavy (non-hydrogen) atoms. The molecule has 0 bridgehead atoms. The van der Waals surface area contributed by atoms with E-state index in [9.17, 15) is 61.5 Å². The maximum Gasteiger partial charge on any atom is 0.471 e. The molecule has 14 nitrogen and oxygen atoms in total. The van der Waals surface area contributed by atoms with Crippen LogP contribution in [0.1, 0.15) is 52.9 Å². The van der Waals surface area contributed by atoms with Crippen LogP contribution in [0.25, 0.3) is 0 Å². The Morgan fingerprint density at radius 3 is 2.10 bits per heavy atom. The summed E-state index contributed by atoms with van der Waals surface area (Å²) >= 11 is 0. The normalized spacial score (nSPS) is 38.3. The molecule has 3 rings (SSSR count). The Hall–Kier alpha value is -1.88. The molecule has 0 spiro atoms. The molecule has 15 atom stereocenters. The average molecular weight is 743 g/mol.